The Kier molecular flexibility index (Phi) is 7.24. The van der Waals surface area contributed by atoms with Crippen molar-refractivity contribution in [2.75, 3.05) is 18.5 Å². The van der Waals surface area contributed by atoms with E-state index in [9.17, 15) is 9.59 Å². The number of carbonyl (C=O) groups is 2. The first-order valence-electron chi connectivity index (χ1n) is 9.24. The van der Waals surface area contributed by atoms with E-state index in [1.54, 1.807) is 67.6 Å². The van der Waals surface area contributed by atoms with Gasteiger partial charge < -0.3 is 14.5 Å². The number of ether oxygens (including phenoxy) is 1. The number of anilines is 1. The quantitative estimate of drug-likeness (QED) is 0.318. The fraction of sp³-hybridized carbons (Fsp3) is 0.136. The molecule has 0 fully saturated rings. The maximum absolute atomic E-state index is 11.9. The van der Waals surface area contributed by atoms with Crippen molar-refractivity contribution in [3.05, 3.63) is 77.0 Å². The van der Waals surface area contributed by atoms with E-state index in [1.165, 1.54) is 6.21 Å². The highest BCUT2D eigenvalue weighted by molar-refractivity contribution is 6.30. The van der Waals surface area contributed by atoms with Crippen LogP contribution < -0.4 is 10.7 Å². The summed E-state index contributed by atoms with van der Waals surface area (Å²) in [6, 6.07) is 17.4. The zero-order valence-corrected chi connectivity index (χ0v) is 17.0. The van der Waals surface area contributed by atoms with Crippen LogP contribution in [0.4, 0.5) is 5.69 Å². The predicted molar refractivity (Wildman–Crippen MR) is 116 cm³/mol. The lowest BCUT2D eigenvalue weighted by Crippen LogP contribution is -2.25. The molecule has 1 aromatic heterocycles. The van der Waals surface area contributed by atoms with Gasteiger partial charge in [0, 0.05) is 16.3 Å². The molecule has 0 aliphatic carbocycles. The predicted octanol–water partition coefficient (Wildman–Crippen LogP) is 4.34. The minimum atomic E-state index is -0.363. The van der Waals surface area contributed by atoms with Crippen molar-refractivity contribution in [3.63, 3.8) is 0 Å². The van der Waals surface area contributed by atoms with E-state index >= 15 is 0 Å². The number of benzene rings is 2. The highest BCUT2D eigenvalue weighted by Gasteiger charge is 2.08. The minimum absolute atomic E-state index is 0.0647. The molecule has 30 heavy (non-hydrogen) atoms. The molecule has 0 aliphatic heterocycles. The van der Waals surface area contributed by atoms with Crippen molar-refractivity contribution in [3.8, 4) is 11.3 Å². The van der Waals surface area contributed by atoms with Gasteiger partial charge >= 0.3 is 5.97 Å². The maximum atomic E-state index is 11.9. The summed E-state index contributed by atoms with van der Waals surface area (Å²) in [6.45, 7) is 2.15. The van der Waals surface area contributed by atoms with Crippen LogP contribution in [0.25, 0.3) is 11.3 Å². The first kappa shape index (κ1) is 21.1. The molecule has 0 radical (unpaired) electrons. The van der Waals surface area contributed by atoms with Gasteiger partial charge in [-0.15, -0.1) is 0 Å². The Hall–Kier alpha value is -3.58. The second-order valence-electron chi connectivity index (χ2n) is 6.15. The van der Waals surface area contributed by atoms with Crippen LogP contribution in [0.1, 0.15) is 23.0 Å². The van der Waals surface area contributed by atoms with Crippen LogP contribution in [0.3, 0.4) is 0 Å². The number of amides is 1. The van der Waals surface area contributed by atoms with Crippen molar-refractivity contribution in [2.45, 2.75) is 6.92 Å². The standard InChI is InChI=1S/C22H20ClN3O4/c1-2-29-22(28)16-5-3-15(4-6-16)20-12-11-19(30-20)13-25-26-21(27)14-24-18-9-7-17(23)8-10-18/h3-13,24H,2,14H2,1H3,(H,26,27)/b25-13-. The van der Waals surface area contributed by atoms with Crippen molar-refractivity contribution in [1.29, 1.82) is 0 Å². The number of hydrogen-bond donors (Lipinski definition) is 2. The second-order valence-corrected chi connectivity index (χ2v) is 6.59. The van der Waals surface area contributed by atoms with E-state index < -0.39 is 0 Å². The maximum Gasteiger partial charge on any atom is 0.338 e. The molecule has 3 aromatic rings. The fourth-order valence-corrected chi connectivity index (χ4v) is 2.65. The lowest BCUT2D eigenvalue weighted by molar-refractivity contribution is -0.119. The molecule has 3 rings (SSSR count). The average molecular weight is 426 g/mol. The fourth-order valence-electron chi connectivity index (χ4n) is 2.52. The van der Waals surface area contributed by atoms with E-state index in [0.29, 0.717) is 28.7 Å². The smallest absolute Gasteiger partial charge is 0.338 e. The van der Waals surface area contributed by atoms with Gasteiger partial charge in [0.05, 0.1) is 24.9 Å². The number of furan rings is 1. The van der Waals surface area contributed by atoms with E-state index in [-0.39, 0.29) is 18.4 Å². The Balaban J connectivity index is 1.51. The molecule has 7 nitrogen and oxygen atoms in total. The van der Waals surface area contributed by atoms with E-state index in [4.69, 9.17) is 20.8 Å². The Morgan fingerprint density at radius 3 is 2.50 bits per heavy atom. The zero-order valence-electron chi connectivity index (χ0n) is 16.2. The highest BCUT2D eigenvalue weighted by Crippen LogP contribution is 2.22. The number of nitrogens with zero attached hydrogens (tertiary/aromatic N) is 1. The summed E-state index contributed by atoms with van der Waals surface area (Å²) < 4.78 is 10.7. The van der Waals surface area contributed by atoms with Crippen molar-refractivity contribution >= 4 is 35.4 Å². The summed E-state index contributed by atoms with van der Waals surface area (Å²) in [7, 11) is 0. The monoisotopic (exact) mass is 425 g/mol. The molecular weight excluding hydrogens is 406 g/mol. The second kappa shape index (κ2) is 10.3. The number of nitrogens with one attached hydrogen (secondary N) is 2. The Morgan fingerprint density at radius 2 is 1.80 bits per heavy atom. The summed E-state index contributed by atoms with van der Waals surface area (Å²) in [4.78, 5) is 23.6. The summed E-state index contributed by atoms with van der Waals surface area (Å²) in [5.74, 6) is 0.424. The Bertz CT molecular complexity index is 1030. The summed E-state index contributed by atoms with van der Waals surface area (Å²) in [6.07, 6.45) is 1.41. The number of halogens is 1. The lowest BCUT2D eigenvalue weighted by Gasteiger charge is -2.04. The Labute approximate surface area is 178 Å². The molecular formula is C22H20ClN3O4. The van der Waals surface area contributed by atoms with Gasteiger partial charge in [0.25, 0.3) is 5.91 Å². The lowest BCUT2D eigenvalue weighted by atomic mass is 10.1. The van der Waals surface area contributed by atoms with Gasteiger partial charge in [-0.3, -0.25) is 4.79 Å². The topological polar surface area (TPSA) is 92.9 Å². The zero-order chi connectivity index (χ0) is 21.3. The molecule has 1 heterocycles. The molecule has 0 spiro atoms. The van der Waals surface area contributed by atoms with Crippen molar-refractivity contribution in [2.24, 2.45) is 5.10 Å². The van der Waals surface area contributed by atoms with Crippen LogP contribution >= 0.6 is 11.6 Å². The van der Waals surface area contributed by atoms with Gasteiger partial charge in [-0.1, -0.05) is 23.7 Å². The van der Waals surface area contributed by atoms with Gasteiger partial charge in [0.1, 0.15) is 11.5 Å². The third-order valence-corrected chi connectivity index (χ3v) is 4.24. The van der Waals surface area contributed by atoms with Crippen LogP contribution in [0.5, 0.6) is 0 Å². The number of carbonyl (C=O) groups excluding carboxylic acids is 2. The van der Waals surface area contributed by atoms with Crippen LogP contribution in [0.2, 0.25) is 5.02 Å². The first-order chi connectivity index (χ1) is 14.5. The molecule has 1 amide bonds. The van der Waals surface area contributed by atoms with Gasteiger partial charge in [-0.2, -0.15) is 5.10 Å². The number of rotatable bonds is 8. The molecule has 154 valence electrons. The summed E-state index contributed by atoms with van der Waals surface area (Å²) in [5, 5.41) is 7.48. The molecule has 0 atom stereocenters. The highest BCUT2D eigenvalue weighted by atomic mass is 35.5. The van der Waals surface area contributed by atoms with E-state index in [1.807, 2.05) is 0 Å². The van der Waals surface area contributed by atoms with Crippen LogP contribution in [0, 0.1) is 0 Å². The summed E-state index contributed by atoms with van der Waals surface area (Å²) >= 11 is 5.82. The summed E-state index contributed by atoms with van der Waals surface area (Å²) in [5.41, 5.74) is 4.49. The van der Waals surface area contributed by atoms with Crippen LogP contribution in [-0.2, 0) is 9.53 Å². The van der Waals surface area contributed by atoms with Crippen molar-refractivity contribution in [1.82, 2.24) is 5.43 Å². The molecule has 0 saturated carbocycles. The molecule has 0 bridgehead atoms. The molecule has 2 N–H and O–H groups in total. The molecule has 2 aromatic carbocycles. The van der Waals surface area contributed by atoms with E-state index in [2.05, 4.69) is 15.8 Å². The molecule has 0 aliphatic rings. The van der Waals surface area contributed by atoms with Gasteiger partial charge in [0.2, 0.25) is 0 Å². The molecule has 0 saturated heterocycles. The van der Waals surface area contributed by atoms with Gasteiger partial charge in [-0.25, -0.2) is 10.2 Å². The normalized spacial score (nSPS) is 10.7. The first-order valence-corrected chi connectivity index (χ1v) is 9.61. The minimum Gasteiger partial charge on any atom is -0.462 e. The van der Waals surface area contributed by atoms with Gasteiger partial charge in [0.15, 0.2) is 0 Å². The molecule has 0 unspecified atom stereocenters. The SMILES string of the molecule is CCOC(=O)c1ccc(-c2ccc(/C=N\NC(=O)CNc3ccc(Cl)cc3)o2)cc1. The Morgan fingerprint density at radius 1 is 1.07 bits per heavy atom. The van der Waals surface area contributed by atoms with E-state index in [0.717, 1.165) is 11.3 Å². The van der Waals surface area contributed by atoms with Crippen LogP contribution in [-0.4, -0.2) is 31.2 Å². The van der Waals surface area contributed by atoms with Crippen LogP contribution in [0.15, 0.2) is 70.2 Å². The third kappa shape index (κ3) is 5.96. The van der Waals surface area contributed by atoms with Crippen molar-refractivity contribution < 1.29 is 18.7 Å². The van der Waals surface area contributed by atoms with Gasteiger partial charge in [-0.05, 0) is 55.5 Å². The third-order valence-electron chi connectivity index (χ3n) is 3.99. The number of esters is 1. The number of hydrazone groups is 1. The molecule has 8 heteroatoms. The number of hydrogen-bond acceptors (Lipinski definition) is 6. The largest absolute Gasteiger partial charge is 0.462 e. The average Bonchev–Trinajstić information content (AvgIpc) is 3.22.